The number of amides is 2. The molecule has 1 aliphatic rings. The van der Waals surface area contributed by atoms with Gasteiger partial charge in [-0.25, -0.2) is 4.79 Å². The molecule has 0 radical (unpaired) electrons. The van der Waals surface area contributed by atoms with Crippen LogP contribution in [-0.2, 0) is 0 Å². The summed E-state index contributed by atoms with van der Waals surface area (Å²) in [5.41, 5.74) is 2.58. The summed E-state index contributed by atoms with van der Waals surface area (Å²) in [6.07, 6.45) is 0. The van der Waals surface area contributed by atoms with Crippen LogP contribution < -0.4 is 15.0 Å². The van der Waals surface area contributed by atoms with E-state index in [-0.39, 0.29) is 6.03 Å². The van der Waals surface area contributed by atoms with Crippen molar-refractivity contribution < 1.29 is 9.53 Å². The monoisotopic (exact) mass is 393 g/mol. The zero-order chi connectivity index (χ0) is 18.7. The van der Waals surface area contributed by atoms with Crippen LogP contribution in [0.3, 0.4) is 0 Å². The van der Waals surface area contributed by atoms with E-state index in [0.29, 0.717) is 34.6 Å². The molecular weight excluding hydrogens is 373 g/mol. The van der Waals surface area contributed by atoms with Crippen molar-refractivity contribution in [3.8, 4) is 5.75 Å². The number of piperazine rings is 1. The number of carbonyl (C=O) groups is 1. The molecule has 2 aromatic carbocycles. The van der Waals surface area contributed by atoms with E-state index in [0.717, 1.165) is 24.3 Å². The van der Waals surface area contributed by atoms with Crippen LogP contribution in [0.2, 0.25) is 10.0 Å². The Hall–Kier alpha value is -2.11. The van der Waals surface area contributed by atoms with Crippen LogP contribution in [0.4, 0.5) is 16.2 Å². The number of aryl methyl sites for hydroxylation is 1. The SMILES string of the molecule is COc1cc(Cl)c(C)cc1NC(=O)N1CCN(c2cccc(Cl)c2)CC1. The van der Waals surface area contributed by atoms with Crippen molar-refractivity contribution in [3.05, 3.63) is 52.0 Å². The summed E-state index contributed by atoms with van der Waals surface area (Å²) >= 11 is 12.2. The summed E-state index contributed by atoms with van der Waals surface area (Å²) in [4.78, 5) is 16.6. The lowest BCUT2D eigenvalue weighted by Gasteiger charge is -2.36. The Labute approximate surface area is 163 Å². The van der Waals surface area contributed by atoms with Crippen LogP contribution in [0.1, 0.15) is 5.56 Å². The van der Waals surface area contributed by atoms with Crippen LogP contribution in [-0.4, -0.2) is 44.2 Å². The van der Waals surface area contributed by atoms with E-state index in [1.54, 1.807) is 18.1 Å². The lowest BCUT2D eigenvalue weighted by Crippen LogP contribution is -2.50. The second-order valence-electron chi connectivity index (χ2n) is 6.19. The number of benzene rings is 2. The minimum Gasteiger partial charge on any atom is -0.495 e. The van der Waals surface area contributed by atoms with Crippen molar-refractivity contribution in [2.24, 2.45) is 0 Å². The number of rotatable bonds is 3. The van der Waals surface area contributed by atoms with Gasteiger partial charge in [-0.15, -0.1) is 0 Å². The molecule has 5 nitrogen and oxygen atoms in total. The number of anilines is 2. The van der Waals surface area contributed by atoms with E-state index in [4.69, 9.17) is 27.9 Å². The van der Waals surface area contributed by atoms with Gasteiger partial charge in [0.05, 0.1) is 12.8 Å². The smallest absolute Gasteiger partial charge is 0.322 e. The first kappa shape index (κ1) is 18.7. The zero-order valence-electron chi connectivity index (χ0n) is 14.8. The van der Waals surface area contributed by atoms with Gasteiger partial charge in [0, 0.05) is 48.0 Å². The minimum absolute atomic E-state index is 0.143. The fourth-order valence-corrected chi connectivity index (χ4v) is 3.30. The third kappa shape index (κ3) is 4.17. The lowest BCUT2D eigenvalue weighted by molar-refractivity contribution is 0.208. The maximum absolute atomic E-state index is 12.6. The number of carbonyl (C=O) groups excluding carboxylic acids is 1. The summed E-state index contributed by atoms with van der Waals surface area (Å²) < 4.78 is 5.32. The van der Waals surface area contributed by atoms with Crippen molar-refractivity contribution >= 4 is 40.6 Å². The summed E-state index contributed by atoms with van der Waals surface area (Å²) in [6, 6.07) is 11.2. The molecule has 0 aliphatic carbocycles. The molecule has 2 aromatic rings. The molecule has 138 valence electrons. The third-order valence-electron chi connectivity index (χ3n) is 4.46. The van der Waals surface area contributed by atoms with Crippen LogP contribution >= 0.6 is 23.2 Å². The van der Waals surface area contributed by atoms with Gasteiger partial charge in [0.15, 0.2) is 0 Å². The van der Waals surface area contributed by atoms with Gasteiger partial charge in [-0.2, -0.15) is 0 Å². The number of ether oxygens (including phenoxy) is 1. The van der Waals surface area contributed by atoms with Crippen LogP contribution in [0.25, 0.3) is 0 Å². The second-order valence-corrected chi connectivity index (χ2v) is 7.03. The molecule has 3 rings (SSSR count). The van der Waals surface area contributed by atoms with E-state index < -0.39 is 0 Å². The standard InChI is InChI=1S/C19H21Cl2N3O2/c1-13-10-17(18(26-2)12-16(13)21)22-19(25)24-8-6-23(7-9-24)15-5-3-4-14(20)11-15/h3-5,10-12H,6-9H2,1-2H3,(H,22,25). The molecule has 1 saturated heterocycles. The topological polar surface area (TPSA) is 44.8 Å². The van der Waals surface area contributed by atoms with Gasteiger partial charge in [-0.05, 0) is 36.8 Å². The highest BCUT2D eigenvalue weighted by Crippen LogP contribution is 2.31. The minimum atomic E-state index is -0.143. The number of halogens is 2. The van der Waals surface area contributed by atoms with Gasteiger partial charge in [0.2, 0.25) is 0 Å². The van der Waals surface area contributed by atoms with Gasteiger partial charge in [0.1, 0.15) is 5.75 Å². The Morgan fingerprint density at radius 2 is 1.85 bits per heavy atom. The summed E-state index contributed by atoms with van der Waals surface area (Å²) in [7, 11) is 1.56. The molecular formula is C19H21Cl2N3O2. The molecule has 1 aliphatic heterocycles. The first-order valence-electron chi connectivity index (χ1n) is 8.38. The van der Waals surface area contributed by atoms with E-state index >= 15 is 0 Å². The zero-order valence-corrected chi connectivity index (χ0v) is 16.3. The largest absolute Gasteiger partial charge is 0.495 e. The first-order chi connectivity index (χ1) is 12.5. The van der Waals surface area contributed by atoms with E-state index in [1.165, 1.54) is 0 Å². The van der Waals surface area contributed by atoms with E-state index in [9.17, 15) is 4.79 Å². The van der Waals surface area contributed by atoms with Gasteiger partial charge in [-0.1, -0.05) is 29.3 Å². The Morgan fingerprint density at radius 1 is 1.12 bits per heavy atom. The fourth-order valence-electron chi connectivity index (χ4n) is 2.96. The Balaban J connectivity index is 1.63. The fraction of sp³-hybridized carbons (Fsp3) is 0.316. The van der Waals surface area contributed by atoms with Gasteiger partial charge >= 0.3 is 6.03 Å². The molecule has 1 N–H and O–H groups in total. The van der Waals surface area contributed by atoms with Gasteiger partial charge in [0.25, 0.3) is 0 Å². The molecule has 2 amide bonds. The number of nitrogens with zero attached hydrogens (tertiary/aromatic N) is 2. The van der Waals surface area contributed by atoms with E-state index in [2.05, 4.69) is 10.2 Å². The summed E-state index contributed by atoms with van der Waals surface area (Å²) in [5, 5.41) is 4.25. The molecule has 7 heteroatoms. The molecule has 0 aromatic heterocycles. The second kappa shape index (κ2) is 8.06. The normalized spacial score (nSPS) is 14.3. The van der Waals surface area contributed by atoms with Crippen LogP contribution in [0.15, 0.2) is 36.4 Å². The molecule has 0 unspecified atom stereocenters. The Kier molecular flexibility index (Phi) is 5.79. The van der Waals surface area contributed by atoms with Crippen molar-refractivity contribution in [2.45, 2.75) is 6.92 Å². The molecule has 1 fully saturated rings. The molecule has 1 heterocycles. The van der Waals surface area contributed by atoms with Crippen molar-refractivity contribution in [2.75, 3.05) is 43.5 Å². The van der Waals surface area contributed by atoms with E-state index in [1.807, 2.05) is 37.3 Å². The third-order valence-corrected chi connectivity index (χ3v) is 5.10. The highest BCUT2D eigenvalue weighted by molar-refractivity contribution is 6.31. The molecule has 0 saturated carbocycles. The Bertz CT molecular complexity index is 805. The Morgan fingerprint density at radius 3 is 2.50 bits per heavy atom. The predicted molar refractivity (Wildman–Crippen MR) is 107 cm³/mol. The average molecular weight is 394 g/mol. The quantitative estimate of drug-likeness (QED) is 0.823. The molecule has 0 atom stereocenters. The lowest BCUT2D eigenvalue weighted by atomic mass is 10.2. The maximum atomic E-state index is 12.6. The van der Waals surface area contributed by atoms with Crippen molar-refractivity contribution in [1.82, 2.24) is 4.90 Å². The predicted octanol–water partition coefficient (Wildman–Crippen LogP) is 4.66. The number of methoxy groups -OCH3 is 1. The number of urea groups is 1. The van der Waals surface area contributed by atoms with Crippen molar-refractivity contribution in [3.63, 3.8) is 0 Å². The van der Waals surface area contributed by atoms with Crippen LogP contribution in [0, 0.1) is 6.92 Å². The van der Waals surface area contributed by atoms with Gasteiger partial charge < -0.3 is 19.9 Å². The van der Waals surface area contributed by atoms with Gasteiger partial charge in [-0.3, -0.25) is 0 Å². The summed E-state index contributed by atoms with van der Waals surface area (Å²) in [6.45, 7) is 4.66. The number of nitrogens with one attached hydrogen (secondary N) is 1. The maximum Gasteiger partial charge on any atom is 0.322 e. The number of hydrogen-bond donors (Lipinski definition) is 1. The van der Waals surface area contributed by atoms with Crippen LogP contribution in [0.5, 0.6) is 5.75 Å². The number of hydrogen-bond acceptors (Lipinski definition) is 3. The molecule has 26 heavy (non-hydrogen) atoms. The van der Waals surface area contributed by atoms with Crippen molar-refractivity contribution in [1.29, 1.82) is 0 Å². The highest BCUT2D eigenvalue weighted by Gasteiger charge is 2.22. The molecule has 0 bridgehead atoms. The average Bonchev–Trinajstić information content (AvgIpc) is 2.64. The summed E-state index contributed by atoms with van der Waals surface area (Å²) in [5.74, 6) is 0.548. The molecule has 0 spiro atoms. The highest BCUT2D eigenvalue weighted by atomic mass is 35.5. The first-order valence-corrected chi connectivity index (χ1v) is 9.14.